The quantitative estimate of drug-likeness (QED) is 0.592. The molecule has 0 aromatic rings. The van der Waals surface area contributed by atoms with E-state index in [9.17, 15) is 0 Å². The third-order valence-electron chi connectivity index (χ3n) is 1.97. The van der Waals surface area contributed by atoms with Crippen LogP contribution < -0.4 is 0 Å². The van der Waals surface area contributed by atoms with Gasteiger partial charge in [0.2, 0.25) is 0 Å². The Morgan fingerprint density at radius 2 is 1.27 bits per heavy atom. The van der Waals surface area contributed by atoms with Crippen molar-refractivity contribution in [2.24, 2.45) is 5.41 Å². The third kappa shape index (κ3) is 6.32. The highest BCUT2D eigenvalue weighted by atomic mass is 16.5. The summed E-state index contributed by atoms with van der Waals surface area (Å²) < 4.78 is 10.0. The van der Waals surface area contributed by atoms with Crippen molar-refractivity contribution in [1.29, 1.82) is 0 Å². The van der Waals surface area contributed by atoms with E-state index in [0.29, 0.717) is 5.41 Å². The van der Waals surface area contributed by atoms with E-state index in [1.54, 1.807) is 14.2 Å². The highest BCUT2D eigenvalue weighted by Crippen LogP contribution is 2.24. The molecule has 0 aromatic heterocycles. The Balaban J connectivity index is 3.43. The minimum atomic E-state index is 0.353. The summed E-state index contributed by atoms with van der Waals surface area (Å²) in [5.74, 6) is 0. The predicted octanol–water partition coefficient (Wildman–Crippen LogP) is 2.09. The molecule has 0 aliphatic rings. The molecule has 0 radical (unpaired) electrons. The van der Waals surface area contributed by atoms with Crippen molar-refractivity contribution in [3.63, 3.8) is 0 Å². The molecule has 0 N–H and O–H groups in total. The second-order valence-electron chi connectivity index (χ2n) is 3.65. The highest BCUT2D eigenvalue weighted by molar-refractivity contribution is 4.67. The fraction of sp³-hybridized carbons (Fsp3) is 1.00. The summed E-state index contributed by atoms with van der Waals surface area (Å²) in [5.41, 5.74) is 0.353. The minimum Gasteiger partial charge on any atom is -0.385 e. The van der Waals surface area contributed by atoms with Crippen molar-refractivity contribution in [2.75, 3.05) is 27.4 Å². The maximum Gasteiger partial charge on any atom is 0.0467 e. The van der Waals surface area contributed by atoms with Gasteiger partial charge < -0.3 is 9.47 Å². The van der Waals surface area contributed by atoms with E-state index in [1.165, 1.54) is 0 Å². The Labute approximate surface area is 69.9 Å². The number of ether oxygens (including phenoxy) is 2. The third-order valence-corrected chi connectivity index (χ3v) is 1.97. The van der Waals surface area contributed by atoms with Crippen LogP contribution in [0.4, 0.5) is 0 Å². The predicted molar refractivity (Wildman–Crippen MR) is 46.8 cm³/mol. The van der Waals surface area contributed by atoms with Crippen LogP contribution in [0.25, 0.3) is 0 Å². The molecule has 0 aromatic carbocycles. The molecule has 0 bridgehead atoms. The first-order valence-corrected chi connectivity index (χ1v) is 4.10. The van der Waals surface area contributed by atoms with Gasteiger partial charge in [-0.2, -0.15) is 0 Å². The molecule has 0 saturated heterocycles. The van der Waals surface area contributed by atoms with E-state index in [2.05, 4.69) is 13.8 Å². The van der Waals surface area contributed by atoms with Crippen molar-refractivity contribution in [1.82, 2.24) is 0 Å². The van der Waals surface area contributed by atoms with Gasteiger partial charge >= 0.3 is 0 Å². The topological polar surface area (TPSA) is 18.5 Å². The zero-order valence-corrected chi connectivity index (χ0v) is 8.14. The van der Waals surface area contributed by atoms with Gasteiger partial charge in [0.25, 0.3) is 0 Å². The summed E-state index contributed by atoms with van der Waals surface area (Å²) in [4.78, 5) is 0. The molecule has 11 heavy (non-hydrogen) atoms. The van der Waals surface area contributed by atoms with Crippen LogP contribution in [-0.4, -0.2) is 27.4 Å². The monoisotopic (exact) mass is 160 g/mol. The van der Waals surface area contributed by atoms with E-state index < -0.39 is 0 Å². The van der Waals surface area contributed by atoms with Gasteiger partial charge in [0.15, 0.2) is 0 Å². The molecule has 0 heterocycles. The molecule has 0 fully saturated rings. The lowest BCUT2D eigenvalue weighted by Crippen LogP contribution is -2.16. The molecule has 68 valence electrons. The van der Waals surface area contributed by atoms with Crippen molar-refractivity contribution in [2.45, 2.75) is 26.7 Å². The first-order valence-electron chi connectivity index (χ1n) is 4.10. The second-order valence-corrected chi connectivity index (χ2v) is 3.65. The van der Waals surface area contributed by atoms with Crippen LogP contribution in [-0.2, 0) is 9.47 Å². The summed E-state index contributed by atoms with van der Waals surface area (Å²) >= 11 is 0. The molecule has 0 aliphatic carbocycles. The molecule has 2 nitrogen and oxygen atoms in total. The van der Waals surface area contributed by atoms with Crippen molar-refractivity contribution in [3.05, 3.63) is 0 Å². The zero-order valence-electron chi connectivity index (χ0n) is 8.14. The van der Waals surface area contributed by atoms with Crippen LogP contribution >= 0.6 is 0 Å². The standard InChI is InChI=1S/C9H20O2/c1-9(2,5-7-10-3)6-8-11-4/h5-8H2,1-4H3. The average Bonchev–Trinajstić information content (AvgIpc) is 1.97. The van der Waals surface area contributed by atoms with E-state index in [0.717, 1.165) is 26.1 Å². The molecule has 2 heteroatoms. The number of methoxy groups -OCH3 is 2. The normalized spacial score (nSPS) is 12.0. The smallest absolute Gasteiger partial charge is 0.0467 e. The van der Waals surface area contributed by atoms with Gasteiger partial charge in [0.1, 0.15) is 0 Å². The van der Waals surface area contributed by atoms with Crippen molar-refractivity contribution in [3.8, 4) is 0 Å². The lowest BCUT2D eigenvalue weighted by atomic mass is 9.86. The van der Waals surface area contributed by atoms with Crippen LogP contribution in [0.2, 0.25) is 0 Å². The van der Waals surface area contributed by atoms with Crippen LogP contribution in [0.1, 0.15) is 26.7 Å². The fourth-order valence-corrected chi connectivity index (χ4v) is 0.882. The lowest BCUT2D eigenvalue weighted by Gasteiger charge is -2.23. The molecule has 0 aliphatic heterocycles. The van der Waals surface area contributed by atoms with Crippen LogP contribution in [0.15, 0.2) is 0 Å². The largest absolute Gasteiger partial charge is 0.385 e. The van der Waals surface area contributed by atoms with E-state index in [4.69, 9.17) is 9.47 Å². The Hall–Kier alpha value is -0.0800. The summed E-state index contributed by atoms with van der Waals surface area (Å²) in [6.45, 7) is 6.17. The SMILES string of the molecule is COCCC(C)(C)CCOC. The van der Waals surface area contributed by atoms with Crippen molar-refractivity contribution < 1.29 is 9.47 Å². The van der Waals surface area contributed by atoms with E-state index in [1.807, 2.05) is 0 Å². The molecular formula is C9H20O2. The van der Waals surface area contributed by atoms with Gasteiger partial charge in [-0.1, -0.05) is 13.8 Å². The maximum atomic E-state index is 5.02. The van der Waals surface area contributed by atoms with Gasteiger partial charge in [-0.15, -0.1) is 0 Å². The minimum absolute atomic E-state index is 0.353. The Morgan fingerprint density at radius 1 is 0.909 bits per heavy atom. The van der Waals surface area contributed by atoms with Crippen LogP contribution in [0.3, 0.4) is 0 Å². The fourth-order valence-electron chi connectivity index (χ4n) is 0.882. The maximum absolute atomic E-state index is 5.02. The van der Waals surface area contributed by atoms with Gasteiger partial charge in [-0.25, -0.2) is 0 Å². The van der Waals surface area contributed by atoms with Crippen molar-refractivity contribution >= 4 is 0 Å². The first kappa shape index (κ1) is 10.9. The van der Waals surface area contributed by atoms with Gasteiger partial charge in [-0.05, 0) is 18.3 Å². The Morgan fingerprint density at radius 3 is 1.55 bits per heavy atom. The lowest BCUT2D eigenvalue weighted by molar-refractivity contribution is 0.113. The Bertz CT molecular complexity index is 79.6. The highest BCUT2D eigenvalue weighted by Gasteiger charge is 2.16. The van der Waals surface area contributed by atoms with E-state index >= 15 is 0 Å². The molecule has 0 saturated carbocycles. The van der Waals surface area contributed by atoms with Crippen LogP contribution in [0, 0.1) is 5.41 Å². The van der Waals surface area contributed by atoms with Gasteiger partial charge in [0, 0.05) is 27.4 Å². The Kier molecular flexibility index (Phi) is 5.51. The molecule has 0 atom stereocenters. The molecule has 0 rings (SSSR count). The first-order chi connectivity index (χ1) is 5.12. The van der Waals surface area contributed by atoms with E-state index in [-0.39, 0.29) is 0 Å². The molecule has 0 amide bonds. The van der Waals surface area contributed by atoms with Gasteiger partial charge in [0.05, 0.1) is 0 Å². The number of hydrogen-bond donors (Lipinski definition) is 0. The molecule has 0 unspecified atom stereocenters. The molecular weight excluding hydrogens is 140 g/mol. The molecule has 0 spiro atoms. The van der Waals surface area contributed by atoms with Gasteiger partial charge in [-0.3, -0.25) is 0 Å². The second kappa shape index (κ2) is 5.56. The number of hydrogen-bond acceptors (Lipinski definition) is 2. The summed E-state index contributed by atoms with van der Waals surface area (Å²) in [6.07, 6.45) is 2.21. The summed E-state index contributed by atoms with van der Waals surface area (Å²) in [5, 5.41) is 0. The number of rotatable bonds is 6. The zero-order chi connectivity index (χ0) is 8.74. The summed E-state index contributed by atoms with van der Waals surface area (Å²) in [7, 11) is 3.48. The van der Waals surface area contributed by atoms with Crippen LogP contribution in [0.5, 0.6) is 0 Å². The summed E-state index contributed by atoms with van der Waals surface area (Å²) in [6, 6.07) is 0. The average molecular weight is 160 g/mol.